The molecule has 0 spiro atoms. The number of pyridine rings is 1. The van der Waals surface area contributed by atoms with Crippen LogP contribution < -0.4 is 0 Å². The zero-order chi connectivity index (χ0) is 12.3. The van der Waals surface area contributed by atoms with Gasteiger partial charge in [0.05, 0.1) is 5.69 Å². The molecule has 1 aliphatic rings. The zero-order valence-corrected chi connectivity index (χ0v) is 11.5. The minimum absolute atomic E-state index is 0.591. The SMILES string of the molecule is CC1CCC(N(C)Cc2cccc(Cl)n2)CC1. The van der Waals surface area contributed by atoms with Gasteiger partial charge in [0.1, 0.15) is 5.15 Å². The van der Waals surface area contributed by atoms with Crippen molar-refractivity contribution in [3.8, 4) is 0 Å². The summed E-state index contributed by atoms with van der Waals surface area (Å²) in [7, 11) is 2.20. The first-order chi connectivity index (χ1) is 8.15. The molecule has 0 radical (unpaired) electrons. The van der Waals surface area contributed by atoms with Crippen molar-refractivity contribution in [1.29, 1.82) is 0 Å². The number of hydrogen-bond donors (Lipinski definition) is 0. The fourth-order valence-corrected chi connectivity index (χ4v) is 2.79. The van der Waals surface area contributed by atoms with Crippen LogP contribution >= 0.6 is 11.6 Å². The molecule has 1 aliphatic carbocycles. The van der Waals surface area contributed by atoms with Gasteiger partial charge in [0.15, 0.2) is 0 Å². The first kappa shape index (κ1) is 12.8. The lowest BCUT2D eigenvalue weighted by Gasteiger charge is -2.33. The van der Waals surface area contributed by atoms with E-state index in [0.29, 0.717) is 11.2 Å². The molecule has 0 unspecified atom stereocenters. The molecule has 1 aromatic heterocycles. The minimum atomic E-state index is 0.591. The van der Waals surface area contributed by atoms with Crippen molar-refractivity contribution in [2.45, 2.75) is 45.2 Å². The molecule has 3 heteroatoms. The molecule has 94 valence electrons. The van der Waals surface area contributed by atoms with Gasteiger partial charge in [0.2, 0.25) is 0 Å². The molecule has 0 bridgehead atoms. The quantitative estimate of drug-likeness (QED) is 0.762. The van der Waals surface area contributed by atoms with Gasteiger partial charge in [-0.05, 0) is 50.8 Å². The Balaban J connectivity index is 1.90. The van der Waals surface area contributed by atoms with E-state index in [9.17, 15) is 0 Å². The highest BCUT2D eigenvalue weighted by atomic mass is 35.5. The van der Waals surface area contributed by atoms with Crippen LogP contribution in [0.3, 0.4) is 0 Å². The summed E-state index contributed by atoms with van der Waals surface area (Å²) in [5.41, 5.74) is 1.07. The highest BCUT2D eigenvalue weighted by Crippen LogP contribution is 2.27. The van der Waals surface area contributed by atoms with E-state index in [1.165, 1.54) is 25.7 Å². The first-order valence-electron chi connectivity index (χ1n) is 6.47. The van der Waals surface area contributed by atoms with Crippen LogP contribution in [0.4, 0.5) is 0 Å². The van der Waals surface area contributed by atoms with Crippen LogP contribution in [0.1, 0.15) is 38.3 Å². The third kappa shape index (κ3) is 3.68. The van der Waals surface area contributed by atoms with Gasteiger partial charge in [-0.15, -0.1) is 0 Å². The number of nitrogens with zero attached hydrogens (tertiary/aromatic N) is 2. The molecular formula is C14H21ClN2. The lowest BCUT2D eigenvalue weighted by molar-refractivity contribution is 0.162. The van der Waals surface area contributed by atoms with Gasteiger partial charge in [0, 0.05) is 12.6 Å². The molecule has 1 saturated carbocycles. The Hall–Kier alpha value is -0.600. The fourth-order valence-electron chi connectivity index (χ4n) is 2.61. The Morgan fingerprint density at radius 1 is 1.29 bits per heavy atom. The predicted molar refractivity (Wildman–Crippen MR) is 72.1 cm³/mol. The van der Waals surface area contributed by atoms with Gasteiger partial charge < -0.3 is 0 Å². The molecule has 0 N–H and O–H groups in total. The monoisotopic (exact) mass is 252 g/mol. The van der Waals surface area contributed by atoms with Gasteiger partial charge in [-0.25, -0.2) is 4.98 Å². The normalized spacial score (nSPS) is 25.2. The lowest BCUT2D eigenvalue weighted by atomic mass is 9.87. The maximum Gasteiger partial charge on any atom is 0.129 e. The van der Waals surface area contributed by atoms with E-state index in [2.05, 4.69) is 23.9 Å². The van der Waals surface area contributed by atoms with Crippen LogP contribution in [-0.2, 0) is 6.54 Å². The number of aromatic nitrogens is 1. The summed E-state index contributed by atoms with van der Waals surface area (Å²) < 4.78 is 0. The summed E-state index contributed by atoms with van der Waals surface area (Å²) in [4.78, 5) is 6.77. The third-order valence-electron chi connectivity index (χ3n) is 3.79. The summed E-state index contributed by atoms with van der Waals surface area (Å²) >= 11 is 5.90. The Labute approximate surface area is 109 Å². The highest BCUT2D eigenvalue weighted by molar-refractivity contribution is 6.29. The molecular weight excluding hydrogens is 232 g/mol. The number of halogens is 1. The second-order valence-electron chi connectivity index (χ2n) is 5.28. The second kappa shape index (κ2) is 5.83. The maximum absolute atomic E-state index is 5.90. The second-order valence-corrected chi connectivity index (χ2v) is 5.67. The van der Waals surface area contributed by atoms with Crippen molar-refractivity contribution in [3.63, 3.8) is 0 Å². The topological polar surface area (TPSA) is 16.1 Å². The minimum Gasteiger partial charge on any atom is -0.298 e. The molecule has 1 fully saturated rings. The highest BCUT2D eigenvalue weighted by Gasteiger charge is 2.21. The zero-order valence-electron chi connectivity index (χ0n) is 10.7. The van der Waals surface area contributed by atoms with Crippen molar-refractivity contribution in [3.05, 3.63) is 29.0 Å². The summed E-state index contributed by atoms with van der Waals surface area (Å²) in [6.45, 7) is 3.26. The van der Waals surface area contributed by atoms with E-state index < -0.39 is 0 Å². The van der Waals surface area contributed by atoms with E-state index in [4.69, 9.17) is 11.6 Å². The smallest absolute Gasteiger partial charge is 0.129 e. The molecule has 0 amide bonds. The molecule has 0 aliphatic heterocycles. The molecule has 0 saturated heterocycles. The van der Waals surface area contributed by atoms with Gasteiger partial charge in [-0.2, -0.15) is 0 Å². The van der Waals surface area contributed by atoms with Gasteiger partial charge in [-0.3, -0.25) is 4.90 Å². The first-order valence-corrected chi connectivity index (χ1v) is 6.84. The summed E-state index contributed by atoms with van der Waals surface area (Å²) in [6, 6.07) is 6.56. The molecule has 17 heavy (non-hydrogen) atoms. The third-order valence-corrected chi connectivity index (χ3v) is 4.00. The van der Waals surface area contributed by atoms with E-state index >= 15 is 0 Å². The van der Waals surface area contributed by atoms with E-state index in [1.807, 2.05) is 18.2 Å². The molecule has 1 aromatic rings. The average Bonchev–Trinajstić information content (AvgIpc) is 2.29. The predicted octanol–water partition coefficient (Wildman–Crippen LogP) is 3.75. The largest absolute Gasteiger partial charge is 0.298 e. The van der Waals surface area contributed by atoms with E-state index in [0.717, 1.165) is 18.2 Å². The Morgan fingerprint density at radius 3 is 2.65 bits per heavy atom. The summed E-state index contributed by atoms with van der Waals surface area (Å²) in [6.07, 6.45) is 5.35. The van der Waals surface area contributed by atoms with Crippen LogP contribution in [0.25, 0.3) is 0 Å². The van der Waals surface area contributed by atoms with Crippen molar-refractivity contribution in [1.82, 2.24) is 9.88 Å². The van der Waals surface area contributed by atoms with Crippen molar-refractivity contribution < 1.29 is 0 Å². The van der Waals surface area contributed by atoms with Crippen molar-refractivity contribution >= 4 is 11.6 Å². The Bertz CT molecular complexity index is 359. The molecule has 2 nitrogen and oxygen atoms in total. The van der Waals surface area contributed by atoms with Crippen LogP contribution in [0.2, 0.25) is 5.15 Å². The van der Waals surface area contributed by atoms with Crippen LogP contribution in [-0.4, -0.2) is 23.0 Å². The van der Waals surface area contributed by atoms with Crippen LogP contribution in [0, 0.1) is 5.92 Å². The Morgan fingerprint density at radius 2 is 2.00 bits per heavy atom. The van der Waals surface area contributed by atoms with Crippen LogP contribution in [0.5, 0.6) is 0 Å². The van der Waals surface area contributed by atoms with Crippen molar-refractivity contribution in [2.24, 2.45) is 5.92 Å². The molecule has 2 rings (SSSR count). The summed E-state index contributed by atoms with van der Waals surface area (Å²) in [5.74, 6) is 0.906. The van der Waals surface area contributed by atoms with Gasteiger partial charge >= 0.3 is 0 Å². The molecule has 0 aromatic carbocycles. The molecule has 1 heterocycles. The van der Waals surface area contributed by atoms with Gasteiger partial charge in [0.25, 0.3) is 0 Å². The number of hydrogen-bond acceptors (Lipinski definition) is 2. The lowest BCUT2D eigenvalue weighted by Crippen LogP contribution is -2.34. The van der Waals surface area contributed by atoms with Crippen LogP contribution in [0.15, 0.2) is 18.2 Å². The number of rotatable bonds is 3. The van der Waals surface area contributed by atoms with E-state index in [1.54, 1.807) is 0 Å². The average molecular weight is 253 g/mol. The molecule has 0 atom stereocenters. The fraction of sp³-hybridized carbons (Fsp3) is 0.643. The van der Waals surface area contributed by atoms with Crippen molar-refractivity contribution in [2.75, 3.05) is 7.05 Å². The standard InChI is InChI=1S/C14H21ClN2/c1-11-6-8-13(9-7-11)17(2)10-12-4-3-5-14(15)16-12/h3-5,11,13H,6-10H2,1-2H3. The van der Waals surface area contributed by atoms with E-state index in [-0.39, 0.29) is 0 Å². The Kier molecular flexibility index (Phi) is 4.41. The maximum atomic E-state index is 5.90. The summed E-state index contributed by atoms with van der Waals surface area (Å²) in [5, 5.41) is 0.591. The van der Waals surface area contributed by atoms with Gasteiger partial charge in [-0.1, -0.05) is 24.6 Å².